The molecule has 2 heterocycles. The molecule has 10 aliphatic rings. The molecule has 5 spiro atoms. The van der Waals surface area contributed by atoms with Gasteiger partial charge in [-0.05, 0) is 72.5 Å². The first kappa shape index (κ1) is 94.0. The first-order valence-electron chi connectivity index (χ1n) is 49.1. The summed E-state index contributed by atoms with van der Waals surface area (Å²) in [5.74, 6) is 3.17. The van der Waals surface area contributed by atoms with Crippen LogP contribution in [0.5, 0.6) is 23.0 Å². The Kier molecular flexibility index (Phi) is 22.3. The van der Waals surface area contributed by atoms with E-state index in [1.54, 1.807) is 0 Å². The molecule has 0 aromatic heterocycles. The Morgan fingerprint density at radius 2 is 0.466 bits per heavy atom. The van der Waals surface area contributed by atoms with E-state index >= 15 is 0 Å². The summed E-state index contributed by atoms with van der Waals surface area (Å²) >= 11 is -8.30. The zero-order valence-electron chi connectivity index (χ0n) is 84.1. The fourth-order valence-electron chi connectivity index (χ4n) is 26.8. The summed E-state index contributed by atoms with van der Waals surface area (Å²) in [5.41, 5.74) is 21.7. The molecule has 2 saturated heterocycles. The summed E-state index contributed by atoms with van der Waals surface area (Å²) < 4.78 is 24.8. The van der Waals surface area contributed by atoms with Gasteiger partial charge >= 0.3 is 650 Å². The molecule has 4 nitrogen and oxygen atoms in total. The predicted octanol–water partition coefficient (Wildman–Crippen LogP) is 35.4. The van der Waals surface area contributed by atoms with E-state index in [0.717, 1.165) is 23.0 Å². The molecule has 18 rings (SSSR count). The van der Waals surface area contributed by atoms with E-state index in [2.05, 4.69) is 471 Å². The maximum atomic E-state index is 12.4. The summed E-state index contributed by atoms with van der Waals surface area (Å²) in [6, 6.07) is 56.7. The van der Waals surface area contributed by atoms with Crippen LogP contribution in [0.4, 0.5) is 0 Å². The van der Waals surface area contributed by atoms with Gasteiger partial charge in [0.15, 0.2) is 0 Å². The van der Waals surface area contributed by atoms with Crippen LogP contribution < -0.4 is 17.7 Å². The van der Waals surface area contributed by atoms with E-state index in [4.69, 9.17) is 17.7 Å². The van der Waals surface area contributed by atoms with E-state index in [1.807, 2.05) is 0 Å². The molecule has 8 aromatic rings. The molecule has 0 radical (unpaired) electrons. The Morgan fingerprint density at radius 1 is 0.282 bits per heavy atom. The monoisotopic (exact) mass is 1950 g/mol. The molecular weight excluding hydrogens is 1810 g/mol. The fraction of sp³-hybridized carbons (Fsp3) is 0.390. The summed E-state index contributed by atoms with van der Waals surface area (Å²) in [6.07, 6.45) is 51.2. The first-order valence-corrected chi connectivity index (χ1v) is 76.6. The molecule has 8 unspecified atom stereocenters. The molecule has 2 fully saturated rings. The van der Waals surface area contributed by atoms with Crippen molar-refractivity contribution in [3.8, 4) is 23.0 Å². The number of rotatable bonds is 16. The molecule has 0 bridgehead atoms. The molecule has 0 amide bonds. The third-order valence-corrected chi connectivity index (χ3v) is 137. The summed E-state index contributed by atoms with van der Waals surface area (Å²) in [5, 5.41) is 9.69. The molecule has 131 heavy (non-hydrogen) atoms. The topological polar surface area (TPSA) is 36.9 Å². The molecule has 0 saturated carbocycles. The second-order valence-corrected chi connectivity index (χ2v) is 107. The second kappa shape index (κ2) is 31.1. The van der Waals surface area contributed by atoms with Crippen molar-refractivity contribution in [1.82, 2.24) is 0 Å². The van der Waals surface area contributed by atoms with Crippen LogP contribution in [0.2, 0.25) is 96.6 Å². The van der Waals surface area contributed by atoms with Gasteiger partial charge in [-0.15, -0.1) is 0 Å². The molecule has 13 heteroatoms. The van der Waals surface area contributed by atoms with Gasteiger partial charge in [-0.25, -0.2) is 0 Å². The van der Waals surface area contributed by atoms with Gasteiger partial charge in [-0.1, -0.05) is 83.1 Å². The van der Waals surface area contributed by atoms with Gasteiger partial charge < -0.3 is 0 Å². The molecule has 8 atom stereocenters. The van der Waals surface area contributed by atoms with Crippen molar-refractivity contribution < 1.29 is 32.6 Å². The molecule has 2 aliphatic heterocycles. The Bertz CT molecular complexity index is 5970. The molecule has 8 aliphatic carbocycles. The predicted molar refractivity (Wildman–Crippen MR) is 579 cm³/mol. The van der Waals surface area contributed by atoms with Gasteiger partial charge in [-0.2, -0.15) is 0 Å². The van der Waals surface area contributed by atoms with Gasteiger partial charge in [-0.3, -0.25) is 0 Å². The number of benzene rings is 8. The Labute approximate surface area is 797 Å². The molecule has 682 valence electrons. The standard InChI is InChI=1S/2C59H72O2Si3.2ClH.Zr/c2*1-38(2)52-36-54-48(44-26-24-42-34-46(30-28-40(42)32-44)60-63(12,13)58(5,6)7)20-16-18-22-50(54)56(52)62(11)57-51-23-19-17-21-49(55(51)37-53(57)39(3)4)45-27-25-43-35-47(31-29-41(43)33-45)61-64(14,15)59(8,9)10;;;/h2*16-39,48-49,62H,1-15H3;2*1H;/q;;;;+2/p-2. The quantitative estimate of drug-likeness (QED) is 0.0904. The van der Waals surface area contributed by atoms with E-state index in [-0.39, 0.29) is 67.5 Å². The van der Waals surface area contributed by atoms with Crippen molar-refractivity contribution in [2.75, 3.05) is 0 Å². The van der Waals surface area contributed by atoms with Gasteiger partial charge in [0.05, 0.1) is 0 Å². The van der Waals surface area contributed by atoms with E-state index in [1.165, 1.54) is 132 Å². The van der Waals surface area contributed by atoms with Gasteiger partial charge in [0.25, 0.3) is 0 Å². The molecule has 0 N–H and O–H groups in total. The first-order chi connectivity index (χ1) is 61.2. The third kappa shape index (κ3) is 12.6. The number of hydrogen-bond donors (Lipinski definition) is 0. The van der Waals surface area contributed by atoms with E-state index in [9.17, 15) is 17.0 Å². The van der Waals surface area contributed by atoms with Gasteiger partial charge in [0.1, 0.15) is 0 Å². The average Bonchev–Trinajstić information content (AvgIpc) is 1.47. The van der Waals surface area contributed by atoms with Gasteiger partial charge in [0, 0.05) is 0 Å². The van der Waals surface area contributed by atoms with Crippen LogP contribution in [0.25, 0.3) is 43.1 Å². The van der Waals surface area contributed by atoms with Crippen LogP contribution in [0, 0.1) is 23.7 Å². The Balaban J connectivity index is 0.977. The van der Waals surface area contributed by atoms with Crippen LogP contribution in [0.1, 0.15) is 184 Å². The number of hydrogen-bond acceptors (Lipinski definition) is 4. The average molecular weight is 1960 g/mol. The number of allylic oxidation sites excluding steroid dienone is 32. The van der Waals surface area contributed by atoms with Crippen LogP contribution in [0.3, 0.4) is 0 Å². The Morgan fingerprint density at radius 3 is 0.649 bits per heavy atom. The van der Waals surface area contributed by atoms with E-state index < -0.39 is 76.8 Å². The zero-order chi connectivity index (χ0) is 94.3. The van der Waals surface area contributed by atoms with Crippen molar-refractivity contribution >= 4 is 111 Å². The maximum absolute atomic E-state index is 12.4. The third-order valence-electron chi connectivity index (χ3n) is 36.2. The zero-order valence-corrected chi connectivity index (χ0v) is 94.3. The van der Waals surface area contributed by atoms with Crippen LogP contribution in [-0.2, 0) is 14.9 Å². The van der Waals surface area contributed by atoms with Crippen molar-refractivity contribution in [1.29, 1.82) is 0 Å². The number of halogens is 2. The second-order valence-electron chi connectivity index (χ2n) is 48.2. The number of fused-ring (bicyclic) bond motifs is 12. The SMILES string of the molecule is CC(C)C1=CC2=C(C=CC=CC2c2ccc3cc(O[Si](C)(C)C(C)(C)C)ccc3c2)[C]12[SiH](C)[C]1(C(C(C)C)=CC3=C1C=CC=CC3c1ccc3cc(O[Si](C)(C)C(C)(C)C)ccc3c1)[Zr]21([Cl])([Cl])[C]2(C(C(C)C)=CC3=C2C=CC=CC3c2ccc3cc(O[Si](C)(C)C(C)(C)C)ccc3c2)[SiH](C)[C]12C(C(C)C)=CC1=C2C=CC=CC1c1ccc2cc(O[Si](C)(C)C(C)(C)C)ccc2c1. The van der Waals surface area contributed by atoms with Crippen molar-refractivity contribution in [3.05, 3.63) is 356 Å². The fourth-order valence-corrected chi connectivity index (χ4v) is 154. The van der Waals surface area contributed by atoms with Crippen LogP contribution in [-0.4, -0.2) is 50.9 Å². The van der Waals surface area contributed by atoms with Crippen molar-refractivity contribution in [2.45, 2.75) is 259 Å². The Hall–Kier alpha value is -7.40. The van der Waals surface area contributed by atoms with E-state index in [0.29, 0.717) is 0 Å². The van der Waals surface area contributed by atoms with Crippen LogP contribution >= 0.6 is 17.0 Å². The minimum absolute atomic E-state index is 0.00936. The summed E-state index contributed by atoms with van der Waals surface area (Å²) in [7, 11) is 10.4. The molecule has 8 aromatic carbocycles. The normalized spacial score (nSPS) is 27.1. The van der Waals surface area contributed by atoms with Crippen LogP contribution in [0.15, 0.2) is 334 Å². The summed E-state index contributed by atoms with van der Waals surface area (Å²) in [4.78, 5) is 0. The minimum atomic E-state index is -8.30. The summed E-state index contributed by atoms with van der Waals surface area (Å²) in [6.45, 7) is 72.8. The molecular formula is C118H144Cl2O4Si6Zr. The van der Waals surface area contributed by atoms with Crippen molar-refractivity contribution in [3.63, 3.8) is 0 Å². The van der Waals surface area contributed by atoms with Crippen molar-refractivity contribution in [2.24, 2.45) is 23.7 Å². The van der Waals surface area contributed by atoms with Gasteiger partial charge in [0.2, 0.25) is 0 Å².